The smallest absolute Gasteiger partial charge is 0.238 e. The van der Waals surface area contributed by atoms with E-state index in [1.54, 1.807) is 31.5 Å². The molecule has 23 heavy (non-hydrogen) atoms. The predicted octanol–water partition coefficient (Wildman–Crippen LogP) is 2.43. The number of halogens is 1. The second-order valence-electron chi connectivity index (χ2n) is 5.59. The van der Waals surface area contributed by atoms with Gasteiger partial charge in [-0.05, 0) is 18.6 Å². The molecule has 0 aliphatic carbocycles. The molecule has 1 fully saturated rings. The molecule has 2 aromatic rings. The van der Waals surface area contributed by atoms with Gasteiger partial charge in [0.1, 0.15) is 5.75 Å². The number of hydrogen-bond acceptors (Lipinski definition) is 4. The van der Waals surface area contributed by atoms with Gasteiger partial charge in [-0.1, -0.05) is 11.6 Å². The molecule has 2 heterocycles. The number of carbonyl (C=O) groups is 1. The number of benzene rings is 1. The molecule has 1 atom stereocenters. The van der Waals surface area contributed by atoms with Crippen LogP contribution in [0.1, 0.15) is 12.5 Å². The zero-order valence-corrected chi connectivity index (χ0v) is 13.7. The van der Waals surface area contributed by atoms with Crippen LogP contribution < -0.4 is 10.1 Å². The monoisotopic (exact) mass is 334 g/mol. The van der Waals surface area contributed by atoms with Gasteiger partial charge in [-0.15, -0.1) is 0 Å². The van der Waals surface area contributed by atoms with E-state index in [-0.39, 0.29) is 5.91 Å². The Bertz CT molecular complexity index is 675. The van der Waals surface area contributed by atoms with E-state index < -0.39 is 0 Å². The molecule has 1 N–H and O–H groups in total. The van der Waals surface area contributed by atoms with Crippen molar-refractivity contribution in [3.63, 3.8) is 0 Å². The van der Waals surface area contributed by atoms with Gasteiger partial charge in [0, 0.05) is 43.3 Å². The first-order chi connectivity index (χ1) is 11.2. The summed E-state index contributed by atoms with van der Waals surface area (Å²) in [4.78, 5) is 18.4. The van der Waals surface area contributed by atoms with Gasteiger partial charge in [0.2, 0.25) is 5.91 Å². The molecule has 0 spiro atoms. The SMILES string of the molecule is COc1cc(NC(=O)CN2CCC(n3ccnc3)C2)ccc1Cl. The van der Waals surface area contributed by atoms with Crippen LogP contribution in [0.4, 0.5) is 5.69 Å². The zero-order chi connectivity index (χ0) is 16.2. The molecule has 3 rings (SSSR count). The Balaban J connectivity index is 1.54. The lowest BCUT2D eigenvalue weighted by Crippen LogP contribution is -2.31. The number of imidazole rings is 1. The number of methoxy groups -OCH3 is 1. The second kappa shape index (κ2) is 7.02. The quantitative estimate of drug-likeness (QED) is 0.912. The molecule has 1 aromatic heterocycles. The van der Waals surface area contributed by atoms with Gasteiger partial charge in [0.05, 0.1) is 25.0 Å². The number of ether oxygens (including phenoxy) is 1. The lowest BCUT2D eigenvalue weighted by molar-refractivity contribution is -0.117. The van der Waals surface area contributed by atoms with Gasteiger partial charge in [0.25, 0.3) is 0 Å². The van der Waals surface area contributed by atoms with Crippen molar-refractivity contribution >= 4 is 23.2 Å². The first kappa shape index (κ1) is 15.8. The van der Waals surface area contributed by atoms with Crippen LogP contribution in [-0.2, 0) is 4.79 Å². The summed E-state index contributed by atoms with van der Waals surface area (Å²) in [5.74, 6) is 0.506. The highest BCUT2D eigenvalue weighted by atomic mass is 35.5. The van der Waals surface area contributed by atoms with E-state index in [0.717, 1.165) is 19.5 Å². The van der Waals surface area contributed by atoms with Crippen LogP contribution in [0.5, 0.6) is 5.75 Å². The Morgan fingerprint density at radius 3 is 3.13 bits per heavy atom. The molecule has 0 radical (unpaired) electrons. The summed E-state index contributed by atoms with van der Waals surface area (Å²) in [6, 6.07) is 5.58. The van der Waals surface area contributed by atoms with Crippen molar-refractivity contribution < 1.29 is 9.53 Å². The highest BCUT2D eigenvalue weighted by Crippen LogP contribution is 2.27. The van der Waals surface area contributed by atoms with Crippen molar-refractivity contribution in [2.24, 2.45) is 0 Å². The summed E-state index contributed by atoms with van der Waals surface area (Å²) in [7, 11) is 1.55. The minimum Gasteiger partial charge on any atom is -0.495 e. The molecular weight excluding hydrogens is 316 g/mol. The number of carbonyl (C=O) groups excluding carboxylic acids is 1. The Morgan fingerprint density at radius 2 is 2.39 bits per heavy atom. The minimum atomic E-state index is -0.0411. The molecule has 1 amide bonds. The first-order valence-corrected chi connectivity index (χ1v) is 7.86. The Labute approximate surface area is 140 Å². The number of rotatable bonds is 5. The van der Waals surface area contributed by atoms with Crippen LogP contribution in [-0.4, -0.2) is 47.1 Å². The summed E-state index contributed by atoms with van der Waals surface area (Å²) in [6.07, 6.45) is 6.60. The maximum absolute atomic E-state index is 12.2. The fraction of sp³-hybridized carbons (Fsp3) is 0.375. The molecule has 0 saturated carbocycles. The maximum atomic E-state index is 12.2. The van der Waals surface area contributed by atoms with Crippen molar-refractivity contribution in [2.75, 3.05) is 32.1 Å². The van der Waals surface area contributed by atoms with E-state index in [1.807, 2.05) is 12.5 Å². The largest absolute Gasteiger partial charge is 0.495 e. The molecular formula is C16H19ClN4O2. The van der Waals surface area contributed by atoms with Crippen molar-refractivity contribution in [3.8, 4) is 5.75 Å². The van der Waals surface area contributed by atoms with Crippen LogP contribution in [0.25, 0.3) is 0 Å². The fourth-order valence-corrected chi connectivity index (χ4v) is 3.02. The average Bonchev–Trinajstić information content (AvgIpc) is 3.20. The zero-order valence-electron chi connectivity index (χ0n) is 12.9. The number of amides is 1. The van der Waals surface area contributed by atoms with E-state index in [9.17, 15) is 4.79 Å². The van der Waals surface area contributed by atoms with E-state index in [2.05, 4.69) is 19.8 Å². The third-order valence-corrected chi connectivity index (χ3v) is 4.31. The molecule has 6 nitrogen and oxygen atoms in total. The van der Waals surface area contributed by atoms with Crippen LogP contribution in [0.2, 0.25) is 5.02 Å². The first-order valence-electron chi connectivity index (χ1n) is 7.49. The minimum absolute atomic E-state index is 0.0411. The van der Waals surface area contributed by atoms with E-state index in [0.29, 0.717) is 29.0 Å². The third-order valence-electron chi connectivity index (χ3n) is 4.00. The third kappa shape index (κ3) is 3.83. The standard InChI is InChI=1S/C16H19ClN4O2/c1-23-15-8-12(2-3-14(15)17)19-16(22)10-20-6-4-13(9-20)21-7-5-18-11-21/h2-3,5,7-8,11,13H,4,6,9-10H2,1H3,(H,19,22). The lowest BCUT2D eigenvalue weighted by Gasteiger charge is -2.16. The average molecular weight is 335 g/mol. The van der Waals surface area contributed by atoms with Crippen molar-refractivity contribution in [3.05, 3.63) is 41.9 Å². The molecule has 1 aromatic carbocycles. The van der Waals surface area contributed by atoms with E-state index >= 15 is 0 Å². The summed E-state index contributed by atoms with van der Waals surface area (Å²) < 4.78 is 7.25. The summed E-state index contributed by atoms with van der Waals surface area (Å²) in [6.45, 7) is 2.13. The Kier molecular flexibility index (Phi) is 4.83. The molecule has 1 saturated heterocycles. The van der Waals surface area contributed by atoms with Gasteiger partial charge in [-0.2, -0.15) is 0 Å². The van der Waals surface area contributed by atoms with Gasteiger partial charge >= 0.3 is 0 Å². The number of hydrogen-bond donors (Lipinski definition) is 1. The van der Waals surface area contributed by atoms with Gasteiger partial charge in [0.15, 0.2) is 0 Å². The lowest BCUT2D eigenvalue weighted by atomic mass is 10.3. The predicted molar refractivity (Wildman–Crippen MR) is 89.0 cm³/mol. The van der Waals surface area contributed by atoms with E-state index in [1.165, 1.54) is 0 Å². The summed E-state index contributed by atoms with van der Waals surface area (Å²) in [5, 5.41) is 3.40. The van der Waals surface area contributed by atoms with E-state index in [4.69, 9.17) is 16.3 Å². The summed E-state index contributed by atoms with van der Waals surface area (Å²) >= 11 is 5.98. The molecule has 1 aliphatic rings. The number of anilines is 1. The normalized spacial score (nSPS) is 18.1. The van der Waals surface area contributed by atoms with Crippen molar-refractivity contribution in [1.29, 1.82) is 0 Å². The van der Waals surface area contributed by atoms with Gasteiger partial charge < -0.3 is 14.6 Å². The van der Waals surface area contributed by atoms with Crippen LogP contribution in [0.15, 0.2) is 36.9 Å². The summed E-state index contributed by atoms with van der Waals surface area (Å²) in [5.41, 5.74) is 0.682. The number of nitrogens with zero attached hydrogens (tertiary/aromatic N) is 3. The Hall–Kier alpha value is -2.05. The highest BCUT2D eigenvalue weighted by molar-refractivity contribution is 6.32. The molecule has 7 heteroatoms. The molecule has 1 unspecified atom stereocenters. The maximum Gasteiger partial charge on any atom is 0.238 e. The van der Waals surface area contributed by atoms with Crippen molar-refractivity contribution in [1.82, 2.24) is 14.5 Å². The van der Waals surface area contributed by atoms with Crippen LogP contribution in [0.3, 0.4) is 0 Å². The Morgan fingerprint density at radius 1 is 1.52 bits per heavy atom. The second-order valence-corrected chi connectivity index (χ2v) is 5.99. The topological polar surface area (TPSA) is 59.4 Å². The van der Waals surface area contributed by atoms with Gasteiger partial charge in [-0.3, -0.25) is 9.69 Å². The van der Waals surface area contributed by atoms with Gasteiger partial charge in [-0.25, -0.2) is 4.98 Å². The van der Waals surface area contributed by atoms with Crippen LogP contribution >= 0.6 is 11.6 Å². The highest BCUT2D eigenvalue weighted by Gasteiger charge is 2.24. The number of nitrogens with one attached hydrogen (secondary N) is 1. The van der Waals surface area contributed by atoms with Crippen LogP contribution in [0, 0.1) is 0 Å². The number of likely N-dealkylation sites (tertiary alicyclic amines) is 1. The molecule has 122 valence electrons. The number of aromatic nitrogens is 2. The molecule has 1 aliphatic heterocycles. The van der Waals surface area contributed by atoms with Crippen molar-refractivity contribution in [2.45, 2.75) is 12.5 Å². The fourth-order valence-electron chi connectivity index (χ4n) is 2.83. The molecule has 0 bridgehead atoms.